The Balaban J connectivity index is 2.48. The van der Waals surface area contributed by atoms with Crippen LogP contribution in [0.5, 0.6) is 0 Å². The van der Waals surface area contributed by atoms with Gasteiger partial charge in [-0.3, -0.25) is 0 Å². The number of nitrogens with two attached hydrogens (primary N) is 1. The lowest BCUT2D eigenvalue weighted by molar-refractivity contribution is 0.243. The molecule has 2 rings (SSSR count). The highest BCUT2D eigenvalue weighted by Gasteiger charge is 2.35. The minimum absolute atomic E-state index is 0.0751. The van der Waals surface area contributed by atoms with Crippen molar-refractivity contribution < 1.29 is 16.8 Å². The van der Waals surface area contributed by atoms with Gasteiger partial charge < -0.3 is 5.73 Å². The monoisotopic (exact) mass is 375 g/mol. The molecule has 0 amide bonds. The van der Waals surface area contributed by atoms with Gasteiger partial charge in [-0.2, -0.15) is 4.31 Å². The predicted molar refractivity (Wildman–Crippen MR) is 92.4 cm³/mol. The van der Waals surface area contributed by atoms with Crippen molar-refractivity contribution in [1.82, 2.24) is 8.61 Å². The Labute approximate surface area is 144 Å². The summed E-state index contributed by atoms with van der Waals surface area (Å²) in [6.45, 7) is 2.56. The third-order valence-corrected chi connectivity index (χ3v) is 8.32. The van der Waals surface area contributed by atoms with Crippen LogP contribution in [0, 0.1) is 5.92 Å². The fourth-order valence-electron chi connectivity index (χ4n) is 2.83. The van der Waals surface area contributed by atoms with Crippen LogP contribution in [0.25, 0.3) is 0 Å². The molecule has 1 aromatic rings. The number of benzene rings is 1. The zero-order valence-electron chi connectivity index (χ0n) is 14.2. The van der Waals surface area contributed by atoms with Crippen molar-refractivity contribution in [2.24, 2.45) is 11.7 Å². The molecule has 9 heteroatoms. The highest BCUT2D eigenvalue weighted by Crippen LogP contribution is 2.29. The summed E-state index contributed by atoms with van der Waals surface area (Å²) in [4.78, 5) is -0.373. The van der Waals surface area contributed by atoms with Crippen LogP contribution in [0.15, 0.2) is 34.1 Å². The van der Waals surface area contributed by atoms with Crippen LogP contribution in [-0.4, -0.2) is 58.7 Å². The third-order valence-electron chi connectivity index (χ3n) is 4.39. The first-order valence-electron chi connectivity index (χ1n) is 7.85. The summed E-state index contributed by atoms with van der Waals surface area (Å²) in [5.41, 5.74) is 5.93. The van der Waals surface area contributed by atoms with Gasteiger partial charge in [0, 0.05) is 33.2 Å². The lowest BCUT2D eigenvalue weighted by atomic mass is 9.93. The van der Waals surface area contributed by atoms with Gasteiger partial charge in [0.25, 0.3) is 0 Å². The molecule has 1 heterocycles. The number of nitrogens with zero attached hydrogens (tertiary/aromatic N) is 2. The van der Waals surface area contributed by atoms with Crippen molar-refractivity contribution >= 4 is 20.0 Å². The van der Waals surface area contributed by atoms with Crippen LogP contribution in [0.2, 0.25) is 0 Å². The van der Waals surface area contributed by atoms with Crippen LogP contribution in [0.3, 0.4) is 0 Å². The maximum absolute atomic E-state index is 13.0. The van der Waals surface area contributed by atoms with Crippen molar-refractivity contribution in [1.29, 1.82) is 0 Å². The molecule has 136 valence electrons. The third kappa shape index (κ3) is 3.65. The van der Waals surface area contributed by atoms with E-state index in [0.717, 1.165) is 10.7 Å². The van der Waals surface area contributed by atoms with Crippen molar-refractivity contribution in [3.63, 3.8) is 0 Å². The maximum atomic E-state index is 13.0. The van der Waals surface area contributed by atoms with E-state index in [9.17, 15) is 16.8 Å². The van der Waals surface area contributed by atoms with Crippen LogP contribution < -0.4 is 5.73 Å². The fourth-order valence-corrected chi connectivity index (χ4v) is 6.04. The molecule has 1 fully saturated rings. The van der Waals surface area contributed by atoms with Crippen LogP contribution >= 0.6 is 0 Å². The van der Waals surface area contributed by atoms with Gasteiger partial charge in [-0.05, 0) is 37.8 Å². The summed E-state index contributed by atoms with van der Waals surface area (Å²) in [5, 5.41) is 0. The fraction of sp³-hybridized carbons (Fsp3) is 0.600. The summed E-state index contributed by atoms with van der Waals surface area (Å²) in [5.74, 6) is 0.0751. The van der Waals surface area contributed by atoms with E-state index < -0.39 is 20.0 Å². The molecule has 2 atom stereocenters. The Morgan fingerprint density at radius 1 is 1.17 bits per heavy atom. The Kier molecular flexibility index (Phi) is 5.71. The van der Waals surface area contributed by atoms with Gasteiger partial charge >= 0.3 is 0 Å². The molecule has 0 aliphatic carbocycles. The summed E-state index contributed by atoms with van der Waals surface area (Å²) in [6.07, 6.45) is 1.59. The molecule has 0 saturated carbocycles. The lowest BCUT2D eigenvalue weighted by Gasteiger charge is -2.34. The molecule has 1 aliphatic heterocycles. The second-order valence-electron chi connectivity index (χ2n) is 6.36. The number of piperidine rings is 1. The minimum atomic E-state index is -3.90. The molecule has 2 unspecified atom stereocenters. The lowest BCUT2D eigenvalue weighted by Crippen LogP contribution is -2.45. The van der Waals surface area contributed by atoms with Crippen molar-refractivity contribution in [2.45, 2.75) is 35.6 Å². The second-order valence-corrected chi connectivity index (χ2v) is 10.4. The first kappa shape index (κ1) is 19.3. The minimum Gasteiger partial charge on any atom is -0.328 e. The van der Waals surface area contributed by atoms with E-state index in [1.807, 2.05) is 6.92 Å². The number of sulfonamides is 2. The zero-order valence-corrected chi connectivity index (χ0v) is 15.8. The van der Waals surface area contributed by atoms with Crippen molar-refractivity contribution in [2.75, 3.05) is 27.2 Å². The molecule has 0 radical (unpaired) electrons. The molecule has 2 N–H and O–H groups in total. The molecule has 7 nitrogen and oxygen atoms in total. The first-order chi connectivity index (χ1) is 11.1. The first-order valence-corrected chi connectivity index (χ1v) is 10.7. The topological polar surface area (TPSA) is 101 Å². The van der Waals surface area contributed by atoms with E-state index in [2.05, 4.69) is 0 Å². The Morgan fingerprint density at radius 3 is 2.29 bits per heavy atom. The van der Waals surface area contributed by atoms with E-state index >= 15 is 0 Å². The summed E-state index contributed by atoms with van der Waals surface area (Å²) >= 11 is 0. The highest BCUT2D eigenvalue weighted by molar-refractivity contribution is 7.92. The molecular formula is C15H25N3O4S2. The van der Waals surface area contributed by atoms with Gasteiger partial charge in [0.15, 0.2) is 0 Å². The van der Waals surface area contributed by atoms with Crippen molar-refractivity contribution in [3.05, 3.63) is 24.3 Å². The highest BCUT2D eigenvalue weighted by atomic mass is 32.2. The Morgan fingerprint density at radius 2 is 1.75 bits per heavy atom. The molecule has 0 aromatic heterocycles. The maximum Gasteiger partial charge on any atom is 0.244 e. The largest absolute Gasteiger partial charge is 0.328 e. The zero-order chi connectivity index (χ0) is 18.1. The number of hydrogen-bond donors (Lipinski definition) is 1. The summed E-state index contributed by atoms with van der Waals surface area (Å²) in [6, 6.07) is 5.63. The SMILES string of the molecule is CC(N)C1CCCN(S(=O)(=O)c2ccccc2S(=O)(=O)N(C)C)C1. The molecular weight excluding hydrogens is 350 g/mol. The van der Waals surface area contributed by atoms with Gasteiger partial charge in [0.05, 0.1) is 0 Å². The molecule has 0 bridgehead atoms. The van der Waals surface area contributed by atoms with Crippen LogP contribution in [0.4, 0.5) is 0 Å². The molecule has 1 aliphatic rings. The van der Waals surface area contributed by atoms with Gasteiger partial charge in [0.2, 0.25) is 20.0 Å². The summed E-state index contributed by atoms with van der Waals surface area (Å²) in [7, 11) is -5.00. The Bertz CT molecular complexity index is 789. The van der Waals surface area contributed by atoms with Crippen LogP contribution in [0.1, 0.15) is 19.8 Å². The van der Waals surface area contributed by atoms with Crippen LogP contribution in [-0.2, 0) is 20.0 Å². The average Bonchev–Trinajstić information content (AvgIpc) is 2.54. The summed E-state index contributed by atoms with van der Waals surface area (Å²) < 4.78 is 53.4. The van der Waals surface area contributed by atoms with Gasteiger partial charge in [-0.15, -0.1) is 0 Å². The molecule has 1 aromatic carbocycles. The standard InChI is InChI=1S/C15H25N3O4S2/c1-12(16)13-7-6-10-18(11-13)24(21,22)15-9-5-4-8-14(15)23(19,20)17(2)3/h4-5,8-9,12-13H,6-7,10-11,16H2,1-3H3. The molecule has 1 saturated heterocycles. The van der Waals surface area contributed by atoms with E-state index in [0.29, 0.717) is 19.5 Å². The van der Waals surface area contributed by atoms with E-state index in [4.69, 9.17) is 5.73 Å². The van der Waals surface area contributed by atoms with E-state index in [1.54, 1.807) is 0 Å². The number of hydrogen-bond acceptors (Lipinski definition) is 5. The molecule has 0 spiro atoms. The number of rotatable bonds is 5. The normalized spacial score (nSPS) is 21.8. The quantitative estimate of drug-likeness (QED) is 0.816. The van der Waals surface area contributed by atoms with E-state index in [-0.39, 0.29) is 21.8 Å². The average molecular weight is 376 g/mol. The van der Waals surface area contributed by atoms with Gasteiger partial charge in [0.1, 0.15) is 9.79 Å². The van der Waals surface area contributed by atoms with Gasteiger partial charge in [-0.1, -0.05) is 12.1 Å². The van der Waals surface area contributed by atoms with E-state index in [1.165, 1.54) is 42.7 Å². The molecule has 24 heavy (non-hydrogen) atoms. The predicted octanol–water partition coefficient (Wildman–Crippen LogP) is 0.685. The second kappa shape index (κ2) is 7.09. The van der Waals surface area contributed by atoms with Gasteiger partial charge in [-0.25, -0.2) is 21.1 Å². The van der Waals surface area contributed by atoms with Crippen molar-refractivity contribution in [3.8, 4) is 0 Å². The Hall–Kier alpha value is -1.00. The smallest absolute Gasteiger partial charge is 0.244 e.